The summed E-state index contributed by atoms with van der Waals surface area (Å²) in [5.74, 6) is -1.99. The monoisotopic (exact) mass is 684 g/mol. The van der Waals surface area contributed by atoms with E-state index in [2.05, 4.69) is 22.5 Å². The molecule has 2 fully saturated rings. The van der Waals surface area contributed by atoms with Crippen LogP contribution in [0.5, 0.6) is 11.6 Å². The molecular formula is C35H45ClN4O8. The number of hydrogen-bond acceptors (Lipinski definition) is 8. The highest BCUT2D eigenvalue weighted by Crippen LogP contribution is 2.46. The molecule has 1 saturated heterocycles. The Labute approximate surface area is 285 Å². The summed E-state index contributed by atoms with van der Waals surface area (Å²) in [5, 5.41) is 17.4. The van der Waals surface area contributed by atoms with Gasteiger partial charge in [-0.2, -0.15) is 0 Å². The summed E-state index contributed by atoms with van der Waals surface area (Å²) in [6, 6.07) is 3.19. The van der Waals surface area contributed by atoms with E-state index in [-0.39, 0.29) is 43.0 Å². The second-order valence-corrected chi connectivity index (χ2v) is 14.7. The highest BCUT2D eigenvalue weighted by molar-refractivity contribution is 6.36. The van der Waals surface area contributed by atoms with Gasteiger partial charge in [0.15, 0.2) is 0 Å². The molecule has 1 unspecified atom stereocenters. The van der Waals surface area contributed by atoms with Gasteiger partial charge >= 0.3 is 12.1 Å². The molecule has 1 aromatic heterocycles. The van der Waals surface area contributed by atoms with Crippen LogP contribution in [0.3, 0.4) is 0 Å². The van der Waals surface area contributed by atoms with Gasteiger partial charge in [0, 0.05) is 23.1 Å². The number of carbonyl (C=O) groups is 4. The van der Waals surface area contributed by atoms with Crippen molar-refractivity contribution in [1.29, 1.82) is 0 Å². The highest BCUT2D eigenvalue weighted by Gasteiger charge is 2.61. The second-order valence-electron chi connectivity index (χ2n) is 14.3. The molecule has 3 aliphatic rings. The number of benzene rings is 1. The predicted octanol–water partition coefficient (Wildman–Crippen LogP) is 5.11. The Morgan fingerprint density at radius 3 is 2.62 bits per heavy atom. The van der Waals surface area contributed by atoms with E-state index in [4.69, 9.17) is 25.8 Å². The Kier molecular flexibility index (Phi) is 10.1. The number of amides is 3. The van der Waals surface area contributed by atoms with Crippen molar-refractivity contribution in [2.75, 3.05) is 13.7 Å². The first kappa shape index (κ1) is 35.3. The van der Waals surface area contributed by atoms with Crippen LogP contribution in [-0.4, -0.2) is 81.8 Å². The normalized spacial score (nSPS) is 30.2. The number of pyridine rings is 1. The first-order valence-electron chi connectivity index (χ1n) is 16.4. The first-order valence-corrected chi connectivity index (χ1v) is 16.8. The lowest BCUT2D eigenvalue weighted by Gasteiger charge is -2.33. The van der Waals surface area contributed by atoms with Gasteiger partial charge in [-0.25, -0.2) is 14.6 Å². The third-order valence-corrected chi connectivity index (χ3v) is 9.67. The Balaban J connectivity index is 1.51. The molecule has 1 saturated carbocycles. The van der Waals surface area contributed by atoms with Gasteiger partial charge in [-0.3, -0.25) is 9.59 Å². The number of allylic oxidation sites excluding steroid dienone is 1. The average molecular weight is 685 g/mol. The summed E-state index contributed by atoms with van der Waals surface area (Å²) >= 11 is 6.51. The van der Waals surface area contributed by atoms with Crippen LogP contribution >= 0.6 is 11.6 Å². The number of nitrogens with zero attached hydrogens (tertiary/aromatic N) is 2. The van der Waals surface area contributed by atoms with Crippen molar-refractivity contribution in [2.24, 2.45) is 17.8 Å². The molecule has 2 aromatic rings. The lowest BCUT2D eigenvalue weighted by molar-refractivity contribution is -0.146. The Morgan fingerprint density at radius 1 is 1.19 bits per heavy atom. The fraction of sp³-hybridized carbons (Fsp3) is 0.571. The molecule has 1 aromatic carbocycles. The largest absolute Gasteiger partial charge is 0.494 e. The van der Waals surface area contributed by atoms with Gasteiger partial charge in [0.25, 0.3) is 0 Å². The number of ether oxygens (including phenoxy) is 3. The molecule has 0 bridgehead atoms. The van der Waals surface area contributed by atoms with Crippen LogP contribution in [0.15, 0.2) is 36.5 Å². The zero-order chi connectivity index (χ0) is 35.0. The molecule has 13 heteroatoms. The first-order chi connectivity index (χ1) is 22.6. The van der Waals surface area contributed by atoms with Crippen LogP contribution in [-0.2, 0) is 19.1 Å². The van der Waals surface area contributed by atoms with Crippen molar-refractivity contribution in [1.82, 2.24) is 20.5 Å². The van der Waals surface area contributed by atoms with E-state index >= 15 is 0 Å². The molecule has 2 aliphatic heterocycles. The van der Waals surface area contributed by atoms with Gasteiger partial charge in [-0.05, 0) is 70.4 Å². The number of carbonyl (C=O) groups excluding carboxylic acids is 3. The fourth-order valence-electron chi connectivity index (χ4n) is 6.84. The van der Waals surface area contributed by atoms with Crippen LogP contribution in [0.25, 0.3) is 10.8 Å². The molecule has 1 aliphatic carbocycles. The fourth-order valence-corrected chi connectivity index (χ4v) is 7.11. The third kappa shape index (κ3) is 7.48. The molecule has 3 N–H and O–H groups in total. The predicted molar refractivity (Wildman–Crippen MR) is 179 cm³/mol. The van der Waals surface area contributed by atoms with Crippen molar-refractivity contribution in [3.05, 3.63) is 41.6 Å². The number of hydrogen-bond donors (Lipinski definition) is 3. The van der Waals surface area contributed by atoms with Gasteiger partial charge in [-0.15, -0.1) is 0 Å². The minimum absolute atomic E-state index is 0.00906. The molecule has 3 amide bonds. The Bertz CT molecular complexity index is 1610. The van der Waals surface area contributed by atoms with Crippen molar-refractivity contribution in [2.45, 2.75) is 96.1 Å². The van der Waals surface area contributed by atoms with Crippen LogP contribution < -0.4 is 20.1 Å². The van der Waals surface area contributed by atoms with E-state index < -0.39 is 53.2 Å². The maximum absolute atomic E-state index is 14.5. The number of methoxy groups -OCH3 is 1. The summed E-state index contributed by atoms with van der Waals surface area (Å²) in [6.45, 7) is 9.18. The summed E-state index contributed by atoms with van der Waals surface area (Å²) in [7, 11) is 1.51. The quantitative estimate of drug-likeness (QED) is 0.364. The van der Waals surface area contributed by atoms with Crippen LogP contribution in [0.1, 0.15) is 66.7 Å². The molecule has 0 radical (unpaired) electrons. The van der Waals surface area contributed by atoms with Gasteiger partial charge in [-0.1, -0.05) is 43.7 Å². The lowest BCUT2D eigenvalue weighted by Crippen LogP contribution is -2.58. The molecule has 3 heterocycles. The van der Waals surface area contributed by atoms with E-state index in [9.17, 15) is 24.3 Å². The topological polar surface area (TPSA) is 156 Å². The van der Waals surface area contributed by atoms with E-state index in [1.807, 2.05) is 19.1 Å². The number of fused-ring (bicyclic) bond motifs is 3. The summed E-state index contributed by atoms with van der Waals surface area (Å²) < 4.78 is 17.4. The Hall–Kier alpha value is -4.06. The minimum Gasteiger partial charge on any atom is -0.494 e. The number of carboxylic acids is 1. The van der Waals surface area contributed by atoms with Gasteiger partial charge in [0.2, 0.25) is 17.7 Å². The van der Waals surface area contributed by atoms with E-state index in [1.54, 1.807) is 39.0 Å². The van der Waals surface area contributed by atoms with Crippen LogP contribution in [0.2, 0.25) is 5.02 Å². The van der Waals surface area contributed by atoms with Crippen molar-refractivity contribution >= 4 is 46.3 Å². The van der Waals surface area contributed by atoms with Gasteiger partial charge < -0.3 is 34.9 Å². The van der Waals surface area contributed by atoms with Crippen LogP contribution in [0, 0.1) is 17.8 Å². The average Bonchev–Trinajstić information content (AvgIpc) is 3.54. The summed E-state index contributed by atoms with van der Waals surface area (Å²) in [5.41, 5.74) is -2.26. The van der Waals surface area contributed by atoms with Gasteiger partial charge in [0.1, 0.15) is 35.1 Å². The van der Waals surface area contributed by atoms with Crippen molar-refractivity contribution in [3.63, 3.8) is 0 Å². The Morgan fingerprint density at radius 2 is 1.94 bits per heavy atom. The number of nitrogens with one attached hydrogen (secondary N) is 2. The summed E-state index contributed by atoms with van der Waals surface area (Å²) in [6.07, 6.45) is 6.36. The van der Waals surface area contributed by atoms with Crippen molar-refractivity contribution < 1.29 is 38.5 Å². The zero-order valence-electron chi connectivity index (χ0n) is 28.2. The number of rotatable bonds is 5. The smallest absolute Gasteiger partial charge is 0.408 e. The van der Waals surface area contributed by atoms with E-state index in [0.717, 1.165) is 12.8 Å². The molecule has 5 rings (SSSR count). The number of carboxylic acid groups (broad SMARTS) is 1. The van der Waals surface area contributed by atoms with E-state index in [0.29, 0.717) is 28.0 Å². The van der Waals surface area contributed by atoms with Gasteiger partial charge in [0.05, 0.1) is 24.9 Å². The number of alkyl carbamates (subject to hydrolysis) is 1. The SMILES string of the molecule is COc1cnc(O[C@@H]2C[C@H]3C(=O)N[C@]4(C(=O)O)C[C@H]4/C=C\CCC(C)C[C@@H](C)[C@H](NC(=O)OC(C)(C)C)C(=O)N3C2)c2cccc(Cl)c12. The zero-order valence-corrected chi connectivity index (χ0v) is 29.0. The maximum Gasteiger partial charge on any atom is 0.408 e. The molecule has 260 valence electrons. The maximum atomic E-state index is 14.5. The number of halogens is 1. The van der Waals surface area contributed by atoms with Crippen LogP contribution in [0.4, 0.5) is 4.79 Å². The summed E-state index contributed by atoms with van der Waals surface area (Å²) in [4.78, 5) is 59.9. The molecule has 0 spiro atoms. The molecule has 12 nitrogen and oxygen atoms in total. The van der Waals surface area contributed by atoms with E-state index in [1.165, 1.54) is 18.2 Å². The number of aromatic nitrogens is 1. The second kappa shape index (κ2) is 13.8. The molecule has 7 atom stereocenters. The van der Waals surface area contributed by atoms with Crippen molar-refractivity contribution in [3.8, 4) is 11.6 Å². The minimum atomic E-state index is -1.46. The molecule has 48 heavy (non-hydrogen) atoms. The number of aliphatic carboxylic acids is 1. The third-order valence-electron chi connectivity index (χ3n) is 9.35. The standard InChI is InChI=1S/C35H45ClN4O8/c1-19-10-7-8-11-21-16-35(21,32(43)44)39-29(41)25-15-22(47-30-23-12-9-13-24(36)27(23)26(46-6)17-37-30)18-40(25)31(42)28(20(2)14-19)38-33(45)48-34(3,4)5/h8-9,11-13,17,19-22,25,28H,7,10,14-16,18H2,1-6H3,(H,38,45)(H,39,41)(H,43,44)/b11-8-/t19?,20-,21-,22-,25+,28+,35-/m1/s1. The lowest BCUT2D eigenvalue weighted by atomic mass is 9.88. The highest BCUT2D eigenvalue weighted by atomic mass is 35.5. The molecular weight excluding hydrogens is 640 g/mol.